The zero-order valence-electron chi connectivity index (χ0n) is 16.9. The van der Waals surface area contributed by atoms with Crippen LogP contribution in [0, 0.1) is 11.8 Å². The maximum Gasteiger partial charge on any atom is 0.235 e. The van der Waals surface area contributed by atoms with Gasteiger partial charge in [0, 0.05) is 30.2 Å². The number of likely N-dealkylation sites (tertiary alicyclic amines) is 1. The van der Waals surface area contributed by atoms with Crippen molar-refractivity contribution in [2.24, 2.45) is 11.8 Å². The molecule has 1 amide bonds. The Morgan fingerprint density at radius 2 is 2.00 bits per heavy atom. The van der Waals surface area contributed by atoms with Gasteiger partial charge in [0.2, 0.25) is 5.91 Å². The van der Waals surface area contributed by atoms with Crippen molar-refractivity contribution in [3.8, 4) is 11.4 Å². The minimum Gasteiger partial charge on any atom is -0.341 e. The molecular formula is C21H26Cl2N4OS. The summed E-state index contributed by atoms with van der Waals surface area (Å²) in [6.07, 6.45) is 2.95. The van der Waals surface area contributed by atoms with E-state index in [4.69, 9.17) is 23.2 Å². The van der Waals surface area contributed by atoms with Gasteiger partial charge >= 0.3 is 0 Å². The third-order valence-electron chi connectivity index (χ3n) is 5.01. The number of nitrogens with zero attached hydrogens (tertiary/aromatic N) is 4. The van der Waals surface area contributed by atoms with Crippen LogP contribution >= 0.6 is 35.0 Å². The van der Waals surface area contributed by atoms with Crippen LogP contribution in [0.15, 0.2) is 36.0 Å². The number of hydrogen-bond donors (Lipinski definition) is 0. The van der Waals surface area contributed by atoms with E-state index in [9.17, 15) is 4.79 Å². The number of benzene rings is 1. The molecule has 5 nitrogen and oxygen atoms in total. The molecule has 156 valence electrons. The summed E-state index contributed by atoms with van der Waals surface area (Å²) < 4.78 is 1.93. The number of amides is 1. The van der Waals surface area contributed by atoms with Gasteiger partial charge < -0.3 is 4.90 Å². The van der Waals surface area contributed by atoms with E-state index in [1.54, 1.807) is 18.2 Å². The second kappa shape index (κ2) is 9.54. The summed E-state index contributed by atoms with van der Waals surface area (Å²) in [6.45, 7) is 12.3. The standard InChI is InChI=1S/C21H26Cl2N4OS/c1-5-8-27-19(17-7-6-16(22)10-18(17)23)24-25-21(27)29-15(4)20(28)26-11-13(2)9-14(3)12-26/h5-7,10,13-15H,1,8-9,11-12H2,2-4H3/t13-,14+,15-/m1/s1. The lowest BCUT2D eigenvalue weighted by Gasteiger charge is -2.36. The van der Waals surface area contributed by atoms with Crippen molar-refractivity contribution in [1.82, 2.24) is 19.7 Å². The van der Waals surface area contributed by atoms with Gasteiger partial charge in [-0.15, -0.1) is 16.8 Å². The molecule has 29 heavy (non-hydrogen) atoms. The molecule has 0 unspecified atom stereocenters. The van der Waals surface area contributed by atoms with Crippen molar-refractivity contribution in [3.05, 3.63) is 40.9 Å². The van der Waals surface area contributed by atoms with Crippen LogP contribution in [0.2, 0.25) is 10.0 Å². The molecule has 1 aliphatic heterocycles. The first-order valence-electron chi connectivity index (χ1n) is 9.75. The van der Waals surface area contributed by atoms with Gasteiger partial charge in [-0.25, -0.2) is 0 Å². The van der Waals surface area contributed by atoms with Crippen molar-refractivity contribution in [3.63, 3.8) is 0 Å². The Morgan fingerprint density at radius 1 is 1.31 bits per heavy atom. The minimum atomic E-state index is -0.256. The molecule has 3 atom stereocenters. The number of carbonyl (C=O) groups is 1. The lowest BCUT2D eigenvalue weighted by Crippen LogP contribution is -2.45. The molecule has 0 bridgehead atoms. The highest BCUT2D eigenvalue weighted by molar-refractivity contribution is 8.00. The van der Waals surface area contributed by atoms with E-state index in [1.807, 2.05) is 22.5 Å². The minimum absolute atomic E-state index is 0.146. The quantitative estimate of drug-likeness (QED) is 0.433. The van der Waals surface area contributed by atoms with Gasteiger partial charge in [-0.1, -0.05) is 54.9 Å². The highest BCUT2D eigenvalue weighted by Crippen LogP contribution is 2.33. The Kier molecular flexibility index (Phi) is 7.30. The maximum atomic E-state index is 13.0. The van der Waals surface area contributed by atoms with Gasteiger partial charge in [0.05, 0.1) is 10.3 Å². The fourth-order valence-corrected chi connectivity index (χ4v) is 5.28. The smallest absolute Gasteiger partial charge is 0.235 e. The normalized spacial score (nSPS) is 20.5. The first-order chi connectivity index (χ1) is 13.8. The summed E-state index contributed by atoms with van der Waals surface area (Å²) in [4.78, 5) is 15.0. The van der Waals surface area contributed by atoms with Crippen LogP contribution in [0.5, 0.6) is 0 Å². The highest BCUT2D eigenvalue weighted by Gasteiger charge is 2.30. The highest BCUT2D eigenvalue weighted by atomic mass is 35.5. The monoisotopic (exact) mass is 452 g/mol. The molecule has 0 radical (unpaired) electrons. The molecule has 1 aliphatic rings. The zero-order valence-corrected chi connectivity index (χ0v) is 19.3. The summed E-state index contributed by atoms with van der Waals surface area (Å²) in [6, 6.07) is 5.28. The van der Waals surface area contributed by atoms with Gasteiger partial charge in [-0.3, -0.25) is 9.36 Å². The van der Waals surface area contributed by atoms with Crippen LogP contribution in [0.25, 0.3) is 11.4 Å². The Labute approximate surface area is 186 Å². The predicted octanol–water partition coefficient (Wildman–Crippen LogP) is 5.42. The Bertz CT molecular complexity index is 891. The Balaban J connectivity index is 1.82. The molecule has 1 aromatic carbocycles. The fourth-order valence-electron chi connectivity index (χ4n) is 3.85. The molecule has 1 fully saturated rings. The van der Waals surface area contributed by atoms with E-state index in [0.717, 1.165) is 18.7 Å². The van der Waals surface area contributed by atoms with Gasteiger partial charge in [-0.2, -0.15) is 0 Å². The number of thioether (sulfide) groups is 1. The first-order valence-corrected chi connectivity index (χ1v) is 11.4. The lowest BCUT2D eigenvalue weighted by molar-refractivity contribution is -0.132. The molecule has 0 spiro atoms. The van der Waals surface area contributed by atoms with Crippen molar-refractivity contribution >= 4 is 40.9 Å². The van der Waals surface area contributed by atoms with Gasteiger partial charge in [0.15, 0.2) is 11.0 Å². The molecule has 2 heterocycles. The number of aromatic nitrogens is 3. The summed E-state index contributed by atoms with van der Waals surface area (Å²) >= 11 is 13.8. The topological polar surface area (TPSA) is 51.0 Å². The van der Waals surface area contributed by atoms with E-state index in [-0.39, 0.29) is 11.2 Å². The van der Waals surface area contributed by atoms with E-state index in [1.165, 1.54) is 18.2 Å². The van der Waals surface area contributed by atoms with Crippen molar-refractivity contribution in [1.29, 1.82) is 0 Å². The second-order valence-corrected chi connectivity index (χ2v) is 9.93. The molecule has 3 rings (SSSR count). The van der Waals surface area contributed by atoms with Crippen LogP contribution in [-0.4, -0.2) is 43.9 Å². The second-order valence-electron chi connectivity index (χ2n) is 7.78. The molecule has 1 saturated heterocycles. The fraction of sp³-hybridized carbons (Fsp3) is 0.476. The van der Waals surface area contributed by atoms with Crippen LogP contribution in [0.1, 0.15) is 27.2 Å². The predicted molar refractivity (Wildman–Crippen MR) is 121 cm³/mol. The first kappa shape index (κ1) is 22.2. The largest absolute Gasteiger partial charge is 0.341 e. The van der Waals surface area contributed by atoms with Gasteiger partial charge in [-0.05, 0) is 43.4 Å². The zero-order chi connectivity index (χ0) is 21.1. The van der Waals surface area contributed by atoms with Crippen LogP contribution < -0.4 is 0 Å². The molecule has 2 aromatic rings. The maximum absolute atomic E-state index is 13.0. The Morgan fingerprint density at radius 3 is 2.62 bits per heavy atom. The molecule has 0 N–H and O–H groups in total. The molecule has 0 aliphatic carbocycles. The van der Waals surface area contributed by atoms with Gasteiger partial charge in [0.25, 0.3) is 0 Å². The number of hydrogen-bond acceptors (Lipinski definition) is 4. The van der Waals surface area contributed by atoms with Crippen molar-refractivity contribution < 1.29 is 4.79 Å². The summed E-state index contributed by atoms with van der Waals surface area (Å²) in [7, 11) is 0. The number of allylic oxidation sites excluding steroid dienone is 1. The molecule has 8 heteroatoms. The number of piperidine rings is 1. The van der Waals surface area contributed by atoms with E-state index < -0.39 is 0 Å². The molecule has 1 aromatic heterocycles. The molecule has 0 saturated carbocycles. The average molecular weight is 453 g/mol. The summed E-state index contributed by atoms with van der Waals surface area (Å²) in [5.74, 6) is 1.84. The lowest BCUT2D eigenvalue weighted by atomic mass is 9.92. The summed E-state index contributed by atoms with van der Waals surface area (Å²) in [5, 5.41) is 10.2. The third-order valence-corrected chi connectivity index (χ3v) is 6.63. The SMILES string of the molecule is C=CCn1c(S[C@H](C)C(=O)N2C[C@H](C)C[C@H](C)C2)nnc1-c1ccc(Cl)cc1Cl. The number of halogens is 2. The van der Waals surface area contributed by atoms with Crippen molar-refractivity contribution in [2.45, 2.75) is 44.1 Å². The molecular weight excluding hydrogens is 427 g/mol. The van der Waals surface area contributed by atoms with Crippen LogP contribution in [0.4, 0.5) is 0 Å². The van der Waals surface area contributed by atoms with Crippen molar-refractivity contribution in [2.75, 3.05) is 13.1 Å². The third kappa shape index (κ3) is 5.16. The van der Waals surface area contributed by atoms with E-state index >= 15 is 0 Å². The summed E-state index contributed by atoms with van der Waals surface area (Å²) in [5.41, 5.74) is 0.745. The number of carbonyl (C=O) groups excluding carboxylic acids is 1. The van der Waals surface area contributed by atoms with Crippen LogP contribution in [0.3, 0.4) is 0 Å². The van der Waals surface area contributed by atoms with E-state index in [0.29, 0.717) is 39.4 Å². The Hall–Kier alpha value is -1.50. The van der Waals surface area contributed by atoms with Crippen LogP contribution in [-0.2, 0) is 11.3 Å². The number of rotatable bonds is 6. The van der Waals surface area contributed by atoms with E-state index in [2.05, 4.69) is 30.6 Å². The average Bonchev–Trinajstić information content (AvgIpc) is 3.03. The van der Waals surface area contributed by atoms with Gasteiger partial charge in [0.1, 0.15) is 0 Å².